The SMILES string of the molecule is CC(C)Oc1ccc(C(C)NC(=O)Cn2[nH]c(=O)c3ccccc3c2=O)cc1. The third kappa shape index (κ3) is 4.31. The van der Waals surface area contributed by atoms with Gasteiger partial charge in [0.15, 0.2) is 0 Å². The number of aromatic amines is 1. The standard InChI is InChI=1S/C21H23N3O4/c1-13(2)28-16-10-8-15(9-11-16)14(3)22-19(25)12-24-21(27)18-7-5-4-6-17(18)20(26)23-24/h4-11,13-14H,12H2,1-3H3,(H,22,25)(H,23,26). The second-order valence-corrected chi connectivity index (χ2v) is 6.90. The van der Waals surface area contributed by atoms with Crippen LogP contribution in [0.5, 0.6) is 5.75 Å². The molecule has 1 atom stereocenters. The Morgan fingerprint density at radius 3 is 2.32 bits per heavy atom. The van der Waals surface area contributed by atoms with Crippen molar-refractivity contribution in [3.05, 3.63) is 74.8 Å². The van der Waals surface area contributed by atoms with E-state index in [2.05, 4.69) is 10.4 Å². The lowest BCUT2D eigenvalue weighted by Gasteiger charge is -2.16. The van der Waals surface area contributed by atoms with E-state index in [1.165, 1.54) is 0 Å². The van der Waals surface area contributed by atoms with Gasteiger partial charge in [-0.15, -0.1) is 0 Å². The van der Waals surface area contributed by atoms with Gasteiger partial charge in [-0.3, -0.25) is 19.5 Å². The first-order chi connectivity index (χ1) is 13.3. The molecule has 0 aliphatic heterocycles. The van der Waals surface area contributed by atoms with Crippen molar-refractivity contribution in [3.63, 3.8) is 0 Å². The van der Waals surface area contributed by atoms with Crippen LogP contribution < -0.4 is 21.2 Å². The molecule has 0 aliphatic carbocycles. The highest BCUT2D eigenvalue weighted by atomic mass is 16.5. The van der Waals surface area contributed by atoms with Crippen LogP contribution in [-0.4, -0.2) is 21.8 Å². The number of rotatable bonds is 6. The van der Waals surface area contributed by atoms with Gasteiger partial charge in [-0.1, -0.05) is 24.3 Å². The predicted octanol–water partition coefficient (Wildman–Crippen LogP) is 2.35. The normalized spacial score (nSPS) is 12.1. The minimum absolute atomic E-state index is 0.0883. The van der Waals surface area contributed by atoms with Crippen molar-refractivity contribution in [3.8, 4) is 5.75 Å². The third-order valence-electron chi connectivity index (χ3n) is 4.31. The molecular weight excluding hydrogens is 358 g/mol. The van der Waals surface area contributed by atoms with E-state index in [-0.39, 0.29) is 30.0 Å². The number of ether oxygens (including phenoxy) is 1. The summed E-state index contributed by atoms with van der Waals surface area (Å²) in [6.07, 6.45) is 0.0883. The molecule has 0 saturated heterocycles. The monoisotopic (exact) mass is 381 g/mol. The number of benzene rings is 2. The summed E-state index contributed by atoms with van der Waals surface area (Å²) in [5.74, 6) is 0.389. The molecule has 3 aromatic rings. The fraction of sp³-hybridized carbons (Fsp3) is 0.286. The van der Waals surface area contributed by atoms with Crippen molar-refractivity contribution in [2.75, 3.05) is 0 Å². The summed E-state index contributed by atoms with van der Waals surface area (Å²) >= 11 is 0. The van der Waals surface area contributed by atoms with E-state index in [1.807, 2.05) is 45.0 Å². The van der Waals surface area contributed by atoms with Crippen LogP contribution in [-0.2, 0) is 11.3 Å². The second kappa shape index (κ2) is 8.12. The highest BCUT2D eigenvalue weighted by Crippen LogP contribution is 2.18. The molecule has 3 rings (SSSR count). The Balaban J connectivity index is 1.72. The smallest absolute Gasteiger partial charge is 0.273 e. The Morgan fingerprint density at radius 2 is 1.68 bits per heavy atom. The van der Waals surface area contributed by atoms with E-state index in [4.69, 9.17) is 4.74 Å². The first-order valence-electron chi connectivity index (χ1n) is 9.13. The topological polar surface area (TPSA) is 93.2 Å². The molecule has 146 valence electrons. The van der Waals surface area contributed by atoms with Gasteiger partial charge in [0.1, 0.15) is 12.3 Å². The fourth-order valence-electron chi connectivity index (χ4n) is 2.98. The molecule has 7 nitrogen and oxygen atoms in total. The van der Waals surface area contributed by atoms with Crippen LogP contribution >= 0.6 is 0 Å². The van der Waals surface area contributed by atoms with Gasteiger partial charge >= 0.3 is 0 Å². The number of fused-ring (bicyclic) bond motifs is 1. The predicted molar refractivity (Wildman–Crippen MR) is 108 cm³/mol. The number of carbonyl (C=O) groups is 1. The Kier molecular flexibility index (Phi) is 5.63. The number of carbonyl (C=O) groups excluding carboxylic acids is 1. The molecule has 0 saturated carbocycles. The van der Waals surface area contributed by atoms with Crippen LogP contribution in [0, 0.1) is 0 Å². The quantitative estimate of drug-likeness (QED) is 0.685. The minimum Gasteiger partial charge on any atom is -0.491 e. The van der Waals surface area contributed by atoms with E-state index >= 15 is 0 Å². The van der Waals surface area contributed by atoms with Crippen molar-refractivity contribution >= 4 is 16.7 Å². The fourth-order valence-corrected chi connectivity index (χ4v) is 2.98. The van der Waals surface area contributed by atoms with Crippen LogP contribution in [0.4, 0.5) is 0 Å². The highest BCUT2D eigenvalue weighted by Gasteiger charge is 2.13. The van der Waals surface area contributed by atoms with Crippen LogP contribution in [0.2, 0.25) is 0 Å². The molecule has 0 spiro atoms. The summed E-state index contributed by atoms with van der Waals surface area (Å²) in [5.41, 5.74) is 0.0915. The molecule has 1 amide bonds. The third-order valence-corrected chi connectivity index (χ3v) is 4.31. The maximum atomic E-state index is 12.5. The summed E-state index contributed by atoms with van der Waals surface area (Å²) < 4.78 is 6.64. The van der Waals surface area contributed by atoms with E-state index in [0.29, 0.717) is 5.39 Å². The average molecular weight is 381 g/mol. The molecule has 1 aromatic heterocycles. The lowest BCUT2D eigenvalue weighted by Crippen LogP contribution is -2.37. The van der Waals surface area contributed by atoms with Crippen molar-refractivity contribution in [2.45, 2.75) is 39.5 Å². The van der Waals surface area contributed by atoms with Crippen LogP contribution in [0.25, 0.3) is 10.8 Å². The van der Waals surface area contributed by atoms with Gasteiger partial charge in [-0.05, 0) is 50.6 Å². The summed E-state index contributed by atoms with van der Waals surface area (Å²) in [6, 6.07) is 13.7. The van der Waals surface area contributed by atoms with Gasteiger partial charge in [-0.25, -0.2) is 4.68 Å². The van der Waals surface area contributed by atoms with Gasteiger partial charge in [0.05, 0.1) is 22.9 Å². The molecule has 1 heterocycles. The Labute approximate surface area is 161 Å². The van der Waals surface area contributed by atoms with Gasteiger partial charge in [0, 0.05) is 0 Å². The Bertz CT molecular complexity index is 1100. The molecule has 7 heteroatoms. The lowest BCUT2D eigenvalue weighted by atomic mass is 10.1. The number of nitrogens with zero attached hydrogens (tertiary/aromatic N) is 1. The second-order valence-electron chi connectivity index (χ2n) is 6.90. The lowest BCUT2D eigenvalue weighted by molar-refractivity contribution is -0.122. The number of hydrogen-bond donors (Lipinski definition) is 2. The average Bonchev–Trinajstić information content (AvgIpc) is 2.66. The van der Waals surface area contributed by atoms with E-state index < -0.39 is 11.1 Å². The maximum absolute atomic E-state index is 12.5. The molecule has 2 aromatic carbocycles. The van der Waals surface area contributed by atoms with Crippen molar-refractivity contribution < 1.29 is 9.53 Å². The summed E-state index contributed by atoms with van der Waals surface area (Å²) in [5, 5.41) is 5.89. The molecule has 2 N–H and O–H groups in total. The number of amides is 1. The Morgan fingerprint density at radius 1 is 1.04 bits per heavy atom. The highest BCUT2D eigenvalue weighted by molar-refractivity contribution is 5.81. The summed E-state index contributed by atoms with van der Waals surface area (Å²) in [4.78, 5) is 37.0. The summed E-state index contributed by atoms with van der Waals surface area (Å²) in [6.45, 7) is 5.49. The minimum atomic E-state index is -0.409. The van der Waals surface area contributed by atoms with Crippen LogP contribution in [0.15, 0.2) is 58.1 Å². The maximum Gasteiger partial charge on any atom is 0.273 e. The van der Waals surface area contributed by atoms with E-state index in [1.54, 1.807) is 24.3 Å². The first-order valence-corrected chi connectivity index (χ1v) is 9.13. The largest absolute Gasteiger partial charge is 0.491 e. The molecule has 0 fully saturated rings. The van der Waals surface area contributed by atoms with Gasteiger partial charge in [-0.2, -0.15) is 0 Å². The van der Waals surface area contributed by atoms with Gasteiger partial charge in [0.25, 0.3) is 11.1 Å². The number of aromatic nitrogens is 2. The zero-order valence-electron chi connectivity index (χ0n) is 16.1. The first kappa shape index (κ1) is 19.4. The molecule has 28 heavy (non-hydrogen) atoms. The van der Waals surface area contributed by atoms with Gasteiger partial charge in [0.2, 0.25) is 5.91 Å². The zero-order chi connectivity index (χ0) is 20.3. The van der Waals surface area contributed by atoms with Crippen molar-refractivity contribution in [2.24, 2.45) is 0 Å². The molecule has 1 unspecified atom stereocenters. The van der Waals surface area contributed by atoms with Crippen LogP contribution in [0.3, 0.4) is 0 Å². The van der Waals surface area contributed by atoms with E-state index in [9.17, 15) is 14.4 Å². The molecule has 0 bridgehead atoms. The number of H-pyrrole nitrogens is 1. The van der Waals surface area contributed by atoms with Crippen molar-refractivity contribution in [1.82, 2.24) is 15.1 Å². The number of hydrogen-bond acceptors (Lipinski definition) is 4. The molecular formula is C21H23N3O4. The van der Waals surface area contributed by atoms with Crippen LogP contribution in [0.1, 0.15) is 32.4 Å². The summed E-state index contributed by atoms with van der Waals surface area (Å²) in [7, 11) is 0. The van der Waals surface area contributed by atoms with E-state index in [0.717, 1.165) is 16.0 Å². The molecule has 0 aliphatic rings. The van der Waals surface area contributed by atoms with Gasteiger partial charge < -0.3 is 10.1 Å². The number of nitrogens with one attached hydrogen (secondary N) is 2. The van der Waals surface area contributed by atoms with Crippen molar-refractivity contribution in [1.29, 1.82) is 0 Å². The zero-order valence-corrected chi connectivity index (χ0v) is 16.1. The Hall–Kier alpha value is -3.35. The molecule has 0 radical (unpaired) electrons.